The predicted octanol–water partition coefficient (Wildman–Crippen LogP) is 1.29. The van der Waals surface area contributed by atoms with E-state index in [9.17, 15) is 29.7 Å². The summed E-state index contributed by atoms with van der Waals surface area (Å²) in [6, 6.07) is 4.00. The van der Waals surface area contributed by atoms with Crippen LogP contribution in [0.3, 0.4) is 0 Å². The largest absolute Gasteiger partial charge is 0.504 e. The average molecular weight is 294 g/mol. The molecule has 2 aromatic carbocycles. The molecule has 6 nitrogen and oxygen atoms in total. The molecule has 0 radical (unpaired) electrons. The number of phenolic OH excluding ortho intramolecular Hbond substituents is 5. The first kappa shape index (κ1) is 12.6. The normalized spacial score (nSPS) is 16.5. The summed E-state index contributed by atoms with van der Waals surface area (Å²) < 4.78 is 12.5. The van der Waals surface area contributed by atoms with Gasteiger partial charge in [-0.15, -0.1) is 0 Å². The molecule has 1 aliphatic rings. The highest BCUT2D eigenvalue weighted by molar-refractivity contribution is 7.85. The van der Waals surface area contributed by atoms with Crippen LogP contribution in [0.25, 0.3) is 0 Å². The van der Waals surface area contributed by atoms with Gasteiger partial charge in [-0.2, -0.15) is 0 Å². The van der Waals surface area contributed by atoms with Crippen molar-refractivity contribution < 1.29 is 29.7 Å². The summed E-state index contributed by atoms with van der Waals surface area (Å²) in [4.78, 5) is -0.0772. The van der Waals surface area contributed by atoms with E-state index in [1.165, 1.54) is 18.2 Å². The molecule has 0 bridgehead atoms. The molecule has 5 N–H and O–H groups in total. The monoisotopic (exact) mass is 294 g/mol. The standard InChI is InChI=1S/C13H10O6S/c14-7-2-1-5-3-6-4-8(15)9(16)11(18)13(6)20(19)12(5)10(7)17/h1-2,4,14-18H,3H2. The third-order valence-corrected chi connectivity index (χ3v) is 4.88. The Bertz CT molecular complexity index is 768. The van der Waals surface area contributed by atoms with Crippen molar-refractivity contribution in [2.45, 2.75) is 16.2 Å². The smallest absolute Gasteiger partial charge is 0.201 e. The highest BCUT2D eigenvalue weighted by atomic mass is 32.2. The zero-order valence-corrected chi connectivity index (χ0v) is 10.8. The van der Waals surface area contributed by atoms with Gasteiger partial charge in [0.15, 0.2) is 23.0 Å². The lowest BCUT2D eigenvalue weighted by Gasteiger charge is -2.21. The molecule has 3 rings (SSSR count). The van der Waals surface area contributed by atoms with E-state index in [0.717, 1.165) is 0 Å². The van der Waals surface area contributed by atoms with E-state index in [1.807, 2.05) is 0 Å². The van der Waals surface area contributed by atoms with Gasteiger partial charge in [-0.3, -0.25) is 0 Å². The van der Waals surface area contributed by atoms with Crippen molar-refractivity contribution in [3.05, 3.63) is 29.3 Å². The minimum atomic E-state index is -1.97. The minimum absolute atomic E-state index is 0.00195. The quantitative estimate of drug-likeness (QED) is 0.399. The van der Waals surface area contributed by atoms with Gasteiger partial charge in [0.1, 0.15) is 0 Å². The van der Waals surface area contributed by atoms with E-state index in [0.29, 0.717) is 11.1 Å². The maximum Gasteiger partial charge on any atom is 0.201 e. The van der Waals surface area contributed by atoms with Crippen molar-refractivity contribution in [2.24, 2.45) is 0 Å². The summed E-state index contributed by atoms with van der Waals surface area (Å²) in [5.41, 5.74) is 0.893. The van der Waals surface area contributed by atoms with Crippen molar-refractivity contribution in [2.75, 3.05) is 0 Å². The molecule has 0 fully saturated rings. The second-order valence-electron chi connectivity index (χ2n) is 4.45. The Morgan fingerprint density at radius 2 is 1.45 bits per heavy atom. The molecule has 1 heterocycles. The van der Waals surface area contributed by atoms with Crippen LogP contribution in [-0.4, -0.2) is 29.7 Å². The van der Waals surface area contributed by atoms with Crippen LogP contribution in [0.1, 0.15) is 11.1 Å². The molecule has 104 valence electrons. The van der Waals surface area contributed by atoms with E-state index in [1.54, 1.807) is 0 Å². The van der Waals surface area contributed by atoms with Crippen LogP contribution in [0.4, 0.5) is 0 Å². The molecule has 1 aliphatic heterocycles. The molecule has 2 aromatic rings. The molecule has 1 atom stereocenters. The summed E-state index contributed by atoms with van der Waals surface area (Å²) in [5, 5.41) is 48.1. The highest BCUT2D eigenvalue weighted by Crippen LogP contribution is 2.48. The maximum absolute atomic E-state index is 12.5. The number of benzene rings is 2. The topological polar surface area (TPSA) is 118 Å². The van der Waals surface area contributed by atoms with E-state index >= 15 is 0 Å². The van der Waals surface area contributed by atoms with Gasteiger partial charge in [-0.05, 0) is 23.3 Å². The zero-order chi connectivity index (χ0) is 14.6. The second-order valence-corrected chi connectivity index (χ2v) is 5.80. The van der Waals surface area contributed by atoms with E-state index in [-0.39, 0.29) is 16.2 Å². The van der Waals surface area contributed by atoms with Crippen molar-refractivity contribution in [1.29, 1.82) is 0 Å². The maximum atomic E-state index is 12.5. The van der Waals surface area contributed by atoms with Gasteiger partial charge in [-0.1, -0.05) is 6.07 Å². The van der Waals surface area contributed by atoms with E-state index in [2.05, 4.69) is 0 Å². The number of rotatable bonds is 0. The van der Waals surface area contributed by atoms with Crippen LogP contribution in [0.2, 0.25) is 0 Å². The average Bonchev–Trinajstić information content (AvgIpc) is 2.40. The molecule has 0 aromatic heterocycles. The van der Waals surface area contributed by atoms with Crippen molar-refractivity contribution >= 4 is 10.8 Å². The van der Waals surface area contributed by atoms with Gasteiger partial charge < -0.3 is 25.5 Å². The number of hydrogen-bond acceptors (Lipinski definition) is 6. The van der Waals surface area contributed by atoms with Gasteiger partial charge in [0.2, 0.25) is 5.75 Å². The van der Waals surface area contributed by atoms with Crippen LogP contribution in [0, 0.1) is 0 Å². The lowest BCUT2D eigenvalue weighted by atomic mass is 10.0. The van der Waals surface area contributed by atoms with Gasteiger partial charge in [0.25, 0.3) is 0 Å². The summed E-state index contributed by atoms with van der Waals surface area (Å²) in [6.45, 7) is 0. The fraction of sp³-hybridized carbons (Fsp3) is 0.0769. The van der Waals surface area contributed by atoms with Crippen LogP contribution in [0.5, 0.6) is 28.7 Å². The molecular weight excluding hydrogens is 284 g/mol. The number of fused-ring (bicyclic) bond motifs is 2. The lowest BCUT2D eigenvalue weighted by Crippen LogP contribution is -2.10. The summed E-state index contributed by atoms with van der Waals surface area (Å²) >= 11 is 0. The first-order chi connectivity index (χ1) is 9.41. The third kappa shape index (κ3) is 1.53. The van der Waals surface area contributed by atoms with Gasteiger partial charge in [0.05, 0.1) is 20.6 Å². The zero-order valence-electron chi connectivity index (χ0n) is 9.99. The second kappa shape index (κ2) is 4.04. The first-order valence-electron chi connectivity index (χ1n) is 5.64. The molecule has 0 aliphatic carbocycles. The van der Waals surface area contributed by atoms with Gasteiger partial charge in [0, 0.05) is 6.42 Å². The fourth-order valence-corrected chi connectivity index (χ4v) is 3.78. The molecule has 0 amide bonds. The van der Waals surface area contributed by atoms with Crippen molar-refractivity contribution in [3.63, 3.8) is 0 Å². The Morgan fingerprint density at radius 3 is 2.15 bits per heavy atom. The van der Waals surface area contributed by atoms with Gasteiger partial charge in [-0.25, -0.2) is 4.21 Å². The van der Waals surface area contributed by atoms with Crippen molar-refractivity contribution in [3.8, 4) is 28.7 Å². The molecule has 20 heavy (non-hydrogen) atoms. The Morgan fingerprint density at radius 1 is 0.800 bits per heavy atom. The Hall–Kier alpha value is -2.41. The summed E-state index contributed by atoms with van der Waals surface area (Å²) in [5.74, 6) is -2.89. The fourth-order valence-electron chi connectivity index (χ4n) is 2.27. The molecule has 0 saturated carbocycles. The Kier molecular flexibility index (Phi) is 2.55. The SMILES string of the molecule is O=S1c2c(ccc(O)c2O)Cc2cc(O)c(O)c(O)c21. The van der Waals surface area contributed by atoms with Crippen molar-refractivity contribution in [1.82, 2.24) is 0 Å². The summed E-state index contributed by atoms with van der Waals surface area (Å²) in [7, 11) is -1.97. The predicted molar refractivity (Wildman–Crippen MR) is 68.7 cm³/mol. The first-order valence-corrected chi connectivity index (χ1v) is 6.79. The van der Waals surface area contributed by atoms with Crippen LogP contribution in [-0.2, 0) is 17.2 Å². The van der Waals surface area contributed by atoms with E-state index < -0.39 is 39.5 Å². The number of hydrogen-bond donors (Lipinski definition) is 5. The number of phenols is 5. The number of aromatic hydroxyl groups is 5. The minimum Gasteiger partial charge on any atom is -0.504 e. The summed E-state index contributed by atoms with van der Waals surface area (Å²) in [6.07, 6.45) is 0.200. The molecular formula is C13H10O6S. The third-order valence-electron chi connectivity index (χ3n) is 3.23. The molecule has 0 saturated heterocycles. The van der Waals surface area contributed by atoms with Crippen LogP contribution < -0.4 is 0 Å². The molecule has 7 heteroatoms. The highest BCUT2D eigenvalue weighted by Gasteiger charge is 2.31. The lowest BCUT2D eigenvalue weighted by molar-refractivity contribution is 0.359. The molecule has 0 spiro atoms. The molecule has 1 unspecified atom stereocenters. The van der Waals surface area contributed by atoms with Crippen LogP contribution >= 0.6 is 0 Å². The van der Waals surface area contributed by atoms with Crippen LogP contribution in [0.15, 0.2) is 28.0 Å². The Labute approximate surface area is 115 Å². The van der Waals surface area contributed by atoms with E-state index in [4.69, 9.17) is 0 Å². The Balaban J connectivity index is 2.32. The van der Waals surface area contributed by atoms with Gasteiger partial charge >= 0.3 is 0 Å².